The second kappa shape index (κ2) is 3.70. The van der Waals surface area contributed by atoms with Gasteiger partial charge in [-0.2, -0.15) is 0 Å². The zero-order chi connectivity index (χ0) is 12.8. The van der Waals surface area contributed by atoms with Crippen molar-refractivity contribution in [3.05, 3.63) is 36.5 Å². The summed E-state index contributed by atoms with van der Waals surface area (Å²) in [5, 5.41) is 2.99. The lowest BCUT2D eigenvalue weighted by molar-refractivity contribution is -0.125. The molecule has 1 amide bonds. The van der Waals surface area contributed by atoms with Gasteiger partial charge in [-0.05, 0) is 32.0 Å². The van der Waals surface area contributed by atoms with Crippen molar-refractivity contribution in [2.45, 2.75) is 13.8 Å². The van der Waals surface area contributed by atoms with Gasteiger partial charge in [0, 0.05) is 11.6 Å². The Labute approximate surface area is 106 Å². The van der Waals surface area contributed by atoms with E-state index in [0.717, 1.165) is 16.6 Å². The van der Waals surface area contributed by atoms with Crippen molar-refractivity contribution in [1.29, 1.82) is 0 Å². The topological polar surface area (TPSA) is 45.2 Å². The van der Waals surface area contributed by atoms with Crippen molar-refractivity contribution in [3.63, 3.8) is 0 Å². The number of anilines is 1. The summed E-state index contributed by atoms with van der Waals surface area (Å²) in [5.41, 5.74) is 4.45. The van der Waals surface area contributed by atoms with Crippen molar-refractivity contribution in [3.8, 4) is 0 Å². The summed E-state index contributed by atoms with van der Waals surface area (Å²) in [6, 6.07) is 9.97. The van der Waals surface area contributed by atoms with Crippen LogP contribution in [0.5, 0.6) is 0 Å². The Morgan fingerprint density at radius 2 is 2.17 bits per heavy atom. The lowest BCUT2D eigenvalue weighted by atomic mass is 9.94. The molecule has 1 aromatic carbocycles. The van der Waals surface area contributed by atoms with E-state index in [0.29, 0.717) is 6.54 Å². The number of hydrazine groups is 1. The molecule has 0 bridgehead atoms. The van der Waals surface area contributed by atoms with E-state index in [-0.39, 0.29) is 11.3 Å². The third-order valence-electron chi connectivity index (χ3n) is 3.31. The Bertz CT molecular complexity index is 621. The van der Waals surface area contributed by atoms with Crippen LogP contribution in [0.4, 0.5) is 5.69 Å². The number of rotatable bonds is 1. The molecular formula is C14H15N3O. The van der Waals surface area contributed by atoms with E-state index in [1.807, 2.05) is 49.2 Å². The molecule has 1 aliphatic rings. The first-order valence-electron chi connectivity index (χ1n) is 6.00. The first-order valence-corrected chi connectivity index (χ1v) is 6.00. The minimum atomic E-state index is -0.348. The molecule has 0 saturated carbocycles. The van der Waals surface area contributed by atoms with Crippen LogP contribution in [0.25, 0.3) is 10.9 Å². The maximum atomic E-state index is 11.8. The van der Waals surface area contributed by atoms with E-state index in [1.54, 1.807) is 6.20 Å². The molecule has 2 aromatic rings. The molecule has 1 saturated heterocycles. The van der Waals surface area contributed by atoms with Crippen LogP contribution in [-0.4, -0.2) is 17.4 Å². The van der Waals surface area contributed by atoms with Gasteiger partial charge in [0.15, 0.2) is 0 Å². The number of fused-ring (bicyclic) bond motifs is 1. The standard InChI is InChI=1S/C14H15N3O/c1-14(2)9-17(16-13(14)18)11-6-5-10-4-3-7-15-12(10)8-11/h3-8H,9H2,1-2H3,(H,16,18). The Morgan fingerprint density at radius 3 is 2.89 bits per heavy atom. The quantitative estimate of drug-likeness (QED) is 0.831. The molecule has 3 rings (SSSR count). The molecule has 1 aliphatic heterocycles. The highest BCUT2D eigenvalue weighted by Gasteiger charge is 2.38. The molecule has 0 radical (unpaired) electrons. The highest BCUT2D eigenvalue weighted by Crippen LogP contribution is 2.28. The van der Waals surface area contributed by atoms with Crippen LogP contribution in [-0.2, 0) is 4.79 Å². The summed E-state index contributed by atoms with van der Waals surface area (Å²) in [5.74, 6) is 0.0589. The van der Waals surface area contributed by atoms with Crippen molar-refractivity contribution in [2.24, 2.45) is 5.41 Å². The van der Waals surface area contributed by atoms with Crippen LogP contribution in [0.15, 0.2) is 36.5 Å². The van der Waals surface area contributed by atoms with Gasteiger partial charge in [0.25, 0.3) is 0 Å². The van der Waals surface area contributed by atoms with Gasteiger partial charge in [-0.3, -0.25) is 20.2 Å². The van der Waals surface area contributed by atoms with E-state index in [4.69, 9.17) is 0 Å². The number of nitrogens with one attached hydrogen (secondary N) is 1. The molecule has 18 heavy (non-hydrogen) atoms. The fourth-order valence-corrected chi connectivity index (χ4v) is 2.16. The van der Waals surface area contributed by atoms with Gasteiger partial charge >= 0.3 is 0 Å². The van der Waals surface area contributed by atoms with Gasteiger partial charge in [-0.15, -0.1) is 0 Å². The number of carbonyl (C=O) groups excluding carboxylic acids is 1. The summed E-state index contributed by atoms with van der Waals surface area (Å²) in [7, 11) is 0. The first-order chi connectivity index (χ1) is 8.56. The van der Waals surface area contributed by atoms with Crippen LogP contribution in [0.1, 0.15) is 13.8 Å². The first kappa shape index (κ1) is 11.0. The number of hydrogen-bond acceptors (Lipinski definition) is 3. The molecular weight excluding hydrogens is 226 g/mol. The average molecular weight is 241 g/mol. The predicted octanol–water partition coefficient (Wildman–Crippen LogP) is 2.11. The number of hydrogen-bond donors (Lipinski definition) is 1. The van der Waals surface area contributed by atoms with E-state index >= 15 is 0 Å². The molecule has 92 valence electrons. The van der Waals surface area contributed by atoms with Crippen LogP contribution < -0.4 is 10.4 Å². The molecule has 4 nitrogen and oxygen atoms in total. The van der Waals surface area contributed by atoms with E-state index < -0.39 is 0 Å². The second-order valence-electron chi connectivity index (χ2n) is 5.29. The predicted molar refractivity (Wildman–Crippen MR) is 71.0 cm³/mol. The van der Waals surface area contributed by atoms with Gasteiger partial charge in [-0.1, -0.05) is 12.1 Å². The van der Waals surface area contributed by atoms with Crippen LogP contribution in [0.2, 0.25) is 0 Å². The van der Waals surface area contributed by atoms with Crippen molar-refractivity contribution in [2.75, 3.05) is 11.6 Å². The van der Waals surface area contributed by atoms with E-state index in [1.165, 1.54) is 0 Å². The Hall–Kier alpha value is -2.10. The summed E-state index contributed by atoms with van der Waals surface area (Å²) < 4.78 is 0. The largest absolute Gasteiger partial charge is 0.284 e. The highest BCUT2D eigenvalue weighted by atomic mass is 16.2. The van der Waals surface area contributed by atoms with Gasteiger partial charge < -0.3 is 0 Å². The summed E-state index contributed by atoms with van der Waals surface area (Å²) in [6.45, 7) is 4.56. The fourth-order valence-electron chi connectivity index (χ4n) is 2.16. The maximum Gasteiger partial charge on any atom is 0.246 e. The maximum absolute atomic E-state index is 11.8. The van der Waals surface area contributed by atoms with Crippen molar-refractivity contribution in [1.82, 2.24) is 10.4 Å². The van der Waals surface area contributed by atoms with Gasteiger partial charge in [0.1, 0.15) is 0 Å². The van der Waals surface area contributed by atoms with E-state index in [9.17, 15) is 4.79 Å². The molecule has 1 aromatic heterocycles. The third-order valence-corrected chi connectivity index (χ3v) is 3.31. The minimum Gasteiger partial charge on any atom is -0.284 e. The zero-order valence-corrected chi connectivity index (χ0v) is 10.5. The van der Waals surface area contributed by atoms with Gasteiger partial charge in [-0.25, -0.2) is 0 Å². The molecule has 1 N–H and O–H groups in total. The lowest BCUT2D eigenvalue weighted by Crippen LogP contribution is -2.33. The van der Waals surface area contributed by atoms with Crippen LogP contribution in [0.3, 0.4) is 0 Å². The molecule has 0 unspecified atom stereocenters. The third kappa shape index (κ3) is 1.70. The monoisotopic (exact) mass is 241 g/mol. The van der Waals surface area contributed by atoms with Crippen molar-refractivity contribution < 1.29 is 4.79 Å². The Morgan fingerprint density at radius 1 is 1.33 bits per heavy atom. The normalized spacial score (nSPS) is 18.1. The summed E-state index contributed by atoms with van der Waals surface area (Å²) in [4.78, 5) is 16.1. The molecule has 4 heteroatoms. The number of nitrogens with zero attached hydrogens (tertiary/aromatic N) is 2. The molecule has 0 aliphatic carbocycles. The molecule has 1 fully saturated rings. The van der Waals surface area contributed by atoms with Crippen molar-refractivity contribution >= 4 is 22.5 Å². The Kier molecular flexibility index (Phi) is 2.26. The Balaban J connectivity index is 1.98. The second-order valence-corrected chi connectivity index (χ2v) is 5.29. The molecule has 0 atom stereocenters. The zero-order valence-electron chi connectivity index (χ0n) is 10.5. The number of pyridine rings is 1. The van der Waals surface area contributed by atoms with Gasteiger partial charge in [0.05, 0.1) is 23.2 Å². The van der Waals surface area contributed by atoms with Gasteiger partial charge in [0.2, 0.25) is 5.91 Å². The molecule has 2 heterocycles. The SMILES string of the molecule is CC1(C)CN(c2ccc3cccnc3c2)NC1=O. The molecule has 0 spiro atoms. The van der Waals surface area contributed by atoms with E-state index in [2.05, 4.69) is 10.4 Å². The summed E-state index contributed by atoms with van der Waals surface area (Å²) in [6.07, 6.45) is 1.78. The number of amides is 1. The smallest absolute Gasteiger partial charge is 0.246 e. The number of aromatic nitrogens is 1. The average Bonchev–Trinajstić information content (AvgIpc) is 2.63. The number of benzene rings is 1. The van der Waals surface area contributed by atoms with Crippen LogP contribution in [0, 0.1) is 5.41 Å². The highest BCUT2D eigenvalue weighted by molar-refractivity contribution is 5.89. The minimum absolute atomic E-state index is 0.0589. The number of carbonyl (C=O) groups is 1. The lowest BCUT2D eigenvalue weighted by Gasteiger charge is -2.19. The fraction of sp³-hybridized carbons (Fsp3) is 0.286. The van der Waals surface area contributed by atoms with Crippen LogP contribution >= 0.6 is 0 Å². The summed E-state index contributed by atoms with van der Waals surface area (Å²) >= 11 is 0.